The minimum Gasteiger partial charge on any atom is -0.369 e. The van der Waals surface area contributed by atoms with Gasteiger partial charge in [-0.2, -0.15) is 0 Å². The third-order valence-electron chi connectivity index (χ3n) is 3.41. The van der Waals surface area contributed by atoms with Crippen molar-refractivity contribution < 1.29 is 8.42 Å². The zero-order chi connectivity index (χ0) is 13.9. The molecule has 5 nitrogen and oxygen atoms in total. The Bertz CT molecular complexity index is 524. The van der Waals surface area contributed by atoms with Gasteiger partial charge < -0.3 is 10.2 Å². The molecule has 106 valence electrons. The predicted molar refractivity (Wildman–Crippen MR) is 77.8 cm³/mol. The van der Waals surface area contributed by atoms with E-state index in [4.69, 9.17) is 0 Å². The van der Waals surface area contributed by atoms with E-state index in [-0.39, 0.29) is 0 Å². The highest BCUT2D eigenvalue weighted by Crippen LogP contribution is 2.22. The van der Waals surface area contributed by atoms with Gasteiger partial charge in [-0.15, -0.1) is 0 Å². The molecule has 1 saturated heterocycles. The Kier molecular flexibility index (Phi) is 4.44. The van der Waals surface area contributed by atoms with Crippen molar-refractivity contribution in [1.29, 1.82) is 0 Å². The van der Waals surface area contributed by atoms with Gasteiger partial charge in [0.05, 0.1) is 6.26 Å². The number of hydrogen-bond donors (Lipinski definition) is 1. The van der Waals surface area contributed by atoms with Crippen LogP contribution in [0.3, 0.4) is 0 Å². The molecular formula is C13H21N3O2S. The van der Waals surface area contributed by atoms with Crippen LogP contribution in [0.5, 0.6) is 0 Å². The maximum absolute atomic E-state index is 11.5. The largest absolute Gasteiger partial charge is 0.369 e. The van der Waals surface area contributed by atoms with Gasteiger partial charge >= 0.3 is 0 Å². The van der Waals surface area contributed by atoms with Crippen molar-refractivity contribution in [2.45, 2.75) is 6.54 Å². The molecule has 2 rings (SSSR count). The summed E-state index contributed by atoms with van der Waals surface area (Å²) < 4.78 is 24.4. The standard InChI is InChI=1S/C13H21N3O2S/c1-15(19(2,17)18)11-12-5-3-4-6-13(12)16-9-7-14-8-10-16/h3-6,14H,7-11H2,1-2H3. The van der Waals surface area contributed by atoms with Crippen LogP contribution in [-0.2, 0) is 16.6 Å². The molecule has 1 aliphatic heterocycles. The predicted octanol–water partition coefficient (Wildman–Crippen LogP) is 0.488. The van der Waals surface area contributed by atoms with Crippen LogP contribution in [0.2, 0.25) is 0 Å². The number of para-hydroxylation sites is 1. The zero-order valence-corrected chi connectivity index (χ0v) is 12.3. The van der Waals surface area contributed by atoms with E-state index < -0.39 is 10.0 Å². The normalized spacial score (nSPS) is 16.9. The second kappa shape index (κ2) is 5.90. The molecule has 1 aliphatic rings. The van der Waals surface area contributed by atoms with E-state index in [2.05, 4.69) is 16.3 Å². The van der Waals surface area contributed by atoms with Crippen LogP contribution in [0.15, 0.2) is 24.3 Å². The van der Waals surface area contributed by atoms with Gasteiger partial charge in [0.2, 0.25) is 10.0 Å². The van der Waals surface area contributed by atoms with Crippen molar-refractivity contribution in [2.24, 2.45) is 0 Å². The maximum Gasteiger partial charge on any atom is 0.211 e. The van der Waals surface area contributed by atoms with E-state index in [9.17, 15) is 8.42 Å². The van der Waals surface area contributed by atoms with E-state index in [0.717, 1.165) is 37.4 Å². The summed E-state index contributed by atoms with van der Waals surface area (Å²) in [7, 11) is -1.53. The fourth-order valence-electron chi connectivity index (χ4n) is 2.22. The van der Waals surface area contributed by atoms with E-state index in [1.807, 2.05) is 18.2 Å². The zero-order valence-electron chi connectivity index (χ0n) is 11.5. The number of anilines is 1. The number of nitrogens with one attached hydrogen (secondary N) is 1. The van der Waals surface area contributed by atoms with Crippen molar-refractivity contribution in [3.63, 3.8) is 0 Å². The van der Waals surface area contributed by atoms with Crippen LogP contribution in [0.25, 0.3) is 0 Å². The Hall–Kier alpha value is -1.11. The van der Waals surface area contributed by atoms with Crippen molar-refractivity contribution in [1.82, 2.24) is 9.62 Å². The van der Waals surface area contributed by atoms with Gasteiger partial charge in [-0.3, -0.25) is 0 Å². The molecule has 1 fully saturated rings. The number of piperazine rings is 1. The topological polar surface area (TPSA) is 52.6 Å². The highest BCUT2D eigenvalue weighted by Gasteiger charge is 2.17. The summed E-state index contributed by atoms with van der Waals surface area (Å²) in [4.78, 5) is 2.31. The van der Waals surface area contributed by atoms with Crippen LogP contribution in [0, 0.1) is 0 Å². The third kappa shape index (κ3) is 3.68. The molecule has 0 atom stereocenters. The van der Waals surface area contributed by atoms with Crippen LogP contribution in [0.1, 0.15) is 5.56 Å². The lowest BCUT2D eigenvalue weighted by Crippen LogP contribution is -2.44. The molecule has 0 radical (unpaired) electrons. The Morgan fingerprint density at radius 3 is 2.53 bits per heavy atom. The lowest BCUT2D eigenvalue weighted by molar-refractivity contribution is 0.471. The summed E-state index contributed by atoms with van der Waals surface area (Å²) >= 11 is 0. The van der Waals surface area contributed by atoms with Crippen LogP contribution in [0.4, 0.5) is 5.69 Å². The monoisotopic (exact) mass is 283 g/mol. The lowest BCUT2D eigenvalue weighted by atomic mass is 10.1. The number of rotatable bonds is 4. The average Bonchev–Trinajstić information content (AvgIpc) is 2.39. The highest BCUT2D eigenvalue weighted by molar-refractivity contribution is 7.88. The van der Waals surface area contributed by atoms with Gasteiger partial charge in [0.15, 0.2) is 0 Å². The number of benzene rings is 1. The Morgan fingerprint density at radius 1 is 1.26 bits per heavy atom. The molecule has 0 unspecified atom stereocenters. The minimum absolute atomic E-state index is 0.416. The lowest BCUT2D eigenvalue weighted by Gasteiger charge is -2.31. The molecule has 0 bridgehead atoms. The molecule has 1 aromatic rings. The number of nitrogens with zero attached hydrogens (tertiary/aromatic N) is 2. The van der Waals surface area contributed by atoms with E-state index in [1.54, 1.807) is 7.05 Å². The number of sulfonamides is 1. The van der Waals surface area contributed by atoms with Gasteiger partial charge in [0.1, 0.15) is 0 Å². The third-order valence-corrected chi connectivity index (χ3v) is 4.67. The fraction of sp³-hybridized carbons (Fsp3) is 0.538. The number of hydrogen-bond acceptors (Lipinski definition) is 4. The first-order chi connectivity index (χ1) is 8.98. The molecule has 0 amide bonds. The maximum atomic E-state index is 11.5. The fourth-order valence-corrected chi connectivity index (χ4v) is 2.59. The first kappa shape index (κ1) is 14.3. The van der Waals surface area contributed by atoms with E-state index >= 15 is 0 Å². The quantitative estimate of drug-likeness (QED) is 0.874. The molecular weight excluding hydrogens is 262 g/mol. The molecule has 0 spiro atoms. The second-order valence-electron chi connectivity index (χ2n) is 4.88. The average molecular weight is 283 g/mol. The van der Waals surface area contributed by atoms with Gasteiger partial charge in [-0.05, 0) is 11.6 Å². The summed E-state index contributed by atoms with van der Waals surface area (Å²) in [6.07, 6.45) is 1.24. The molecule has 1 heterocycles. The molecule has 0 aliphatic carbocycles. The summed E-state index contributed by atoms with van der Waals surface area (Å²) in [5.41, 5.74) is 2.19. The molecule has 0 aromatic heterocycles. The first-order valence-electron chi connectivity index (χ1n) is 6.43. The van der Waals surface area contributed by atoms with Crippen LogP contribution < -0.4 is 10.2 Å². The van der Waals surface area contributed by atoms with Crippen LogP contribution in [-0.4, -0.2) is 52.2 Å². The van der Waals surface area contributed by atoms with Gasteiger partial charge in [-0.25, -0.2) is 12.7 Å². The van der Waals surface area contributed by atoms with Crippen molar-refractivity contribution in [2.75, 3.05) is 44.4 Å². The summed E-state index contributed by atoms with van der Waals surface area (Å²) in [5.74, 6) is 0. The van der Waals surface area contributed by atoms with E-state index in [1.165, 1.54) is 10.6 Å². The van der Waals surface area contributed by atoms with Gasteiger partial charge in [-0.1, -0.05) is 18.2 Å². The Balaban J connectivity index is 2.21. The summed E-state index contributed by atoms with van der Waals surface area (Å²) in [5, 5.41) is 3.32. The molecule has 1 N–H and O–H groups in total. The van der Waals surface area contributed by atoms with Gasteiger partial charge in [0.25, 0.3) is 0 Å². The highest BCUT2D eigenvalue weighted by atomic mass is 32.2. The van der Waals surface area contributed by atoms with Crippen molar-refractivity contribution >= 4 is 15.7 Å². The molecule has 6 heteroatoms. The summed E-state index contributed by atoms with van der Waals surface area (Å²) in [6, 6.07) is 8.02. The molecule has 0 saturated carbocycles. The SMILES string of the molecule is CN(Cc1ccccc1N1CCNCC1)S(C)(=O)=O. The van der Waals surface area contributed by atoms with Crippen molar-refractivity contribution in [3.05, 3.63) is 29.8 Å². The smallest absolute Gasteiger partial charge is 0.211 e. The van der Waals surface area contributed by atoms with E-state index in [0.29, 0.717) is 6.54 Å². The summed E-state index contributed by atoms with van der Waals surface area (Å²) in [6.45, 7) is 4.27. The van der Waals surface area contributed by atoms with Gasteiger partial charge in [0, 0.05) is 45.5 Å². The Morgan fingerprint density at radius 2 is 1.89 bits per heavy atom. The molecule has 19 heavy (non-hydrogen) atoms. The molecule has 1 aromatic carbocycles. The Labute approximate surface area is 115 Å². The minimum atomic E-state index is -3.15. The first-order valence-corrected chi connectivity index (χ1v) is 8.28. The second-order valence-corrected chi connectivity index (χ2v) is 6.97. The van der Waals surface area contributed by atoms with Crippen molar-refractivity contribution in [3.8, 4) is 0 Å². The van der Waals surface area contributed by atoms with Crippen LogP contribution >= 0.6 is 0 Å².